The van der Waals surface area contributed by atoms with Crippen LogP contribution >= 0.6 is 0 Å². The van der Waals surface area contributed by atoms with Gasteiger partial charge in [0, 0.05) is 18.3 Å². The lowest BCUT2D eigenvalue weighted by Crippen LogP contribution is -2.38. The highest BCUT2D eigenvalue weighted by molar-refractivity contribution is 7.91. The van der Waals surface area contributed by atoms with Crippen LogP contribution in [0.5, 0.6) is 0 Å². The van der Waals surface area contributed by atoms with Gasteiger partial charge in [0.1, 0.15) is 5.60 Å². The van der Waals surface area contributed by atoms with Crippen molar-refractivity contribution in [2.45, 2.75) is 39.2 Å². The summed E-state index contributed by atoms with van der Waals surface area (Å²) >= 11 is 0. The fourth-order valence-corrected chi connectivity index (χ4v) is 2.81. The second kappa shape index (κ2) is 3.80. The molecule has 86 valence electrons. The molecule has 0 bridgehead atoms. The van der Waals surface area contributed by atoms with E-state index in [1.165, 1.54) is 0 Å². The van der Waals surface area contributed by atoms with E-state index >= 15 is 0 Å². The van der Waals surface area contributed by atoms with E-state index in [9.17, 15) is 13.5 Å². The van der Waals surface area contributed by atoms with Crippen LogP contribution in [0.1, 0.15) is 33.6 Å². The highest BCUT2D eigenvalue weighted by Gasteiger charge is 2.33. The third-order valence-corrected chi connectivity index (χ3v) is 3.98. The van der Waals surface area contributed by atoms with Crippen molar-refractivity contribution < 1.29 is 13.5 Å². The van der Waals surface area contributed by atoms with Gasteiger partial charge in [-0.05, 0) is 20.8 Å². The van der Waals surface area contributed by atoms with E-state index in [-0.39, 0.29) is 29.8 Å². The van der Waals surface area contributed by atoms with E-state index in [4.69, 9.17) is 0 Å². The normalized spacial score (nSPS) is 24.0. The van der Waals surface area contributed by atoms with Crippen LogP contribution in [0.25, 0.3) is 0 Å². The molecule has 3 nitrogen and oxygen atoms in total. The lowest BCUT2D eigenvalue weighted by Gasteiger charge is -2.27. The second-order valence-corrected chi connectivity index (χ2v) is 7.49. The standard InChI is InChI=1S/C11H18O3S/c1-10(2,3)4-5-11(12)6-8-15(13,14)9-7-11/h12H,6-9H2,1-3H3. The molecule has 0 spiro atoms. The predicted octanol–water partition coefficient (Wildman–Crippen LogP) is 0.976. The Hall–Kier alpha value is -0.530. The van der Waals surface area contributed by atoms with Crippen molar-refractivity contribution in [2.75, 3.05) is 11.5 Å². The predicted molar refractivity (Wildman–Crippen MR) is 60.1 cm³/mol. The van der Waals surface area contributed by atoms with Gasteiger partial charge in [-0.2, -0.15) is 0 Å². The number of sulfone groups is 1. The Labute approximate surface area is 91.8 Å². The van der Waals surface area contributed by atoms with Crippen LogP contribution in [-0.4, -0.2) is 30.6 Å². The minimum atomic E-state index is -2.94. The van der Waals surface area contributed by atoms with E-state index < -0.39 is 15.4 Å². The van der Waals surface area contributed by atoms with Gasteiger partial charge in [-0.3, -0.25) is 0 Å². The lowest BCUT2D eigenvalue weighted by molar-refractivity contribution is 0.0903. The van der Waals surface area contributed by atoms with E-state index in [2.05, 4.69) is 11.8 Å². The summed E-state index contributed by atoms with van der Waals surface area (Å²) in [6.07, 6.45) is 0.469. The molecule has 0 radical (unpaired) electrons. The SMILES string of the molecule is CC(C)(C)C#CC1(O)CCS(=O)(=O)CC1. The monoisotopic (exact) mass is 230 g/mol. The van der Waals surface area contributed by atoms with Crippen molar-refractivity contribution in [3.05, 3.63) is 0 Å². The maximum absolute atomic E-state index is 11.2. The van der Waals surface area contributed by atoms with Gasteiger partial charge in [-0.1, -0.05) is 11.8 Å². The number of hydrogen-bond donors (Lipinski definition) is 1. The van der Waals surface area contributed by atoms with Gasteiger partial charge < -0.3 is 5.11 Å². The van der Waals surface area contributed by atoms with Crippen LogP contribution in [0.15, 0.2) is 0 Å². The van der Waals surface area contributed by atoms with Crippen molar-refractivity contribution in [3.63, 3.8) is 0 Å². The first-order valence-electron chi connectivity index (χ1n) is 5.09. The minimum Gasteiger partial charge on any atom is -0.378 e. The molecule has 15 heavy (non-hydrogen) atoms. The Morgan fingerprint density at radius 2 is 1.67 bits per heavy atom. The van der Waals surface area contributed by atoms with E-state index in [0.717, 1.165) is 0 Å². The molecular formula is C11H18O3S. The van der Waals surface area contributed by atoms with E-state index in [1.807, 2.05) is 20.8 Å². The molecule has 1 fully saturated rings. The Bertz CT molecular complexity index is 376. The molecule has 0 aromatic heterocycles. The van der Waals surface area contributed by atoms with Crippen LogP contribution in [0.3, 0.4) is 0 Å². The highest BCUT2D eigenvalue weighted by Crippen LogP contribution is 2.23. The third kappa shape index (κ3) is 4.23. The molecule has 1 heterocycles. The maximum atomic E-state index is 11.2. The zero-order valence-electron chi connectivity index (χ0n) is 9.50. The highest BCUT2D eigenvalue weighted by atomic mass is 32.2. The average Bonchev–Trinajstić information content (AvgIpc) is 2.07. The van der Waals surface area contributed by atoms with Crippen molar-refractivity contribution >= 4 is 9.84 Å². The Morgan fingerprint density at radius 3 is 2.07 bits per heavy atom. The molecule has 1 aliphatic heterocycles. The largest absolute Gasteiger partial charge is 0.378 e. The van der Waals surface area contributed by atoms with Crippen LogP contribution < -0.4 is 0 Å². The lowest BCUT2D eigenvalue weighted by atomic mass is 9.92. The molecule has 1 saturated heterocycles. The molecule has 4 heteroatoms. The van der Waals surface area contributed by atoms with Gasteiger partial charge in [0.2, 0.25) is 0 Å². The minimum absolute atomic E-state index is 0.0440. The summed E-state index contributed by atoms with van der Waals surface area (Å²) in [5, 5.41) is 10.0. The molecule has 1 aliphatic rings. The van der Waals surface area contributed by atoms with Gasteiger partial charge in [0.05, 0.1) is 11.5 Å². The quantitative estimate of drug-likeness (QED) is 0.631. The summed E-state index contributed by atoms with van der Waals surface area (Å²) in [5.74, 6) is 5.87. The smallest absolute Gasteiger partial charge is 0.150 e. The van der Waals surface area contributed by atoms with Crippen LogP contribution in [0.2, 0.25) is 0 Å². The summed E-state index contributed by atoms with van der Waals surface area (Å²) < 4.78 is 22.4. The Morgan fingerprint density at radius 1 is 1.20 bits per heavy atom. The van der Waals surface area contributed by atoms with Crippen molar-refractivity contribution in [2.24, 2.45) is 5.41 Å². The van der Waals surface area contributed by atoms with E-state index in [1.54, 1.807) is 0 Å². The number of aliphatic hydroxyl groups is 1. The fraction of sp³-hybridized carbons (Fsp3) is 0.818. The van der Waals surface area contributed by atoms with Gasteiger partial charge in [0.15, 0.2) is 9.84 Å². The molecule has 0 aliphatic carbocycles. The summed E-state index contributed by atoms with van der Waals surface area (Å²) in [4.78, 5) is 0. The van der Waals surface area contributed by atoms with Gasteiger partial charge in [0.25, 0.3) is 0 Å². The Kier molecular flexibility index (Phi) is 3.18. The van der Waals surface area contributed by atoms with Crippen molar-refractivity contribution in [1.82, 2.24) is 0 Å². The fourth-order valence-electron chi connectivity index (χ4n) is 1.30. The molecule has 0 amide bonds. The maximum Gasteiger partial charge on any atom is 0.150 e. The first-order valence-corrected chi connectivity index (χ1v) is 6.91. The molecule has 0 atom stereocenters. The molecule has 0 aromatic carbocycles. The second-order valence-electron chi connectivity index (χ2n) is 5.18. The number of hydrogen-bond acceptors (Lipinski definition) is 3. The molecule has 0 unspecified atom stereocenters. The molecule has 0 saturated carbocycles. The van der Waals surface area contributed by atoms with Crippen LogP contribution in [-0.2, 0) is 9.84 Å². The zero-order chi connectivity index (χ0) is 11.7. The van der Waals surface area contributed by atoms with Crippen molar-refractivity contribution in [1.29, 1.82) is 0 Å². The number of rotatable bonds is 0. The summed E-state index contributed by atoms with van der Waals surface area (Å²) in [7, 11) is -2.94. The van der Waals surface area contributed by atoms with Crippen LogP contribution in [0.4, 0.5) is 0 Å². The average molecular weight is 230 g/mol. The summed E-state index contributed by atoms with van der Waals surface area (Å²) in [5.41, 5.74) is -1.26. The van der Waals surface area contributed by atoms with Gasteiger partial charge >= 0.3 is 0 Å². The summed E-state index contributed by atoms with van der Waals surface area (Å²) in [6.45, 7) is 5.88. The first kappa shape index (κ1) is 12.5. The van der Waals surface area contributed by atoms with Crippen LogP contribution in [0, 0.1) is 17.3 Å². The topological polar surface area (TPSA) is 54.4 Å². The van der Waals surface area contributed by atoms with Gasteiger partial charge in [-0.15, -0.1) is 0 Å². The van der Waals surface area contributed by atoms with Crippen molar-refractivity contribution in [3.8, 4) is 11.8 Å². The summed E-state index contributed by atoms with van der Waals surface area (Å²) in [6, 6.07) is 0. The molecule has 0 aromatic rings. The van der Waals surface area contributed by atoms with Gasteiger partial charge in [-0.25, -0.2) is 8.42 Å². The van der Waals surface area contributed by atoms with E-state index in [0.29, 0.717) is 0 Å². The third-order valence-electron chi connectivity index (χ3n) is 2.32. The molecular weight excluding hydrogens is 212 g/mol. The Balaban J connectivity index is 2.75. The molecule has 1 N–H and O–H groups in total. The zero-order valence-corrected chi connectivity index (χ0v) is 10.3. The molecule has 1 rings (SSSR count). The first-order chi connectivity index (χ1) is 6.62.